The van der Waals surface area contributed by atoms with Crippen LogP contribution in [0.1, 0.15) is 20.8 Å². The van der Waals surface area contributed by atoms with Crippen LogP contribution in [0.25, 0.3) is 10.9 Å². The van der Waals surface area contributed by atoms with E-state index in [0.717, 1.165) is 0 Å². The number of rotatable bonds is 3. The van der Waals surface area contributed by atoms with Crippen molar-refractivity contribution in [3.05, 3.63) is 23.6 Å². The standard InChI is InChI=1S/C18H23ClN4O4/c1-18(2,3)26-17(24)22-5-7-23(8-6-22)27-15-9-12-13(10-14(15)25-4)20-11-21-16(12)19/h9-11H,5-8H2,1-4H3. The number of carbonyl (C=O) groups excluding carboxylic acids is 1. The molecule has 1 amide bonds. The van der Waals surface area contributed by atoms with Crippen LogP contribution in [-0.2, 0) is 4.74 Å². The highest BCUT2D eigenvalue weighted by Gasteiger charge is 2.27. The van der Waals surface area contributed by atoms with Gasteiger partial charge in [0.1, 0.15) is 17.1 Å². The highest BCUT2D eigenvalue weighted by molar-refractivity contribution is 6.34. The van der Waals surface area contributed by atoms with Gasteiger partial charge in [-0.2, -0.15) is 0 Å². The number of fused-ring (bicyclic) bond motifs is 1. The molecule has 3 rings (SSSR count). The molecule has 0 bridgehead atoms. The number of benzene rings is 1. The van der Waals surface area contributed by atoms with E-state index in [1.807, 2.05) is 20.8 Å². The molecule has 0 N–H and O–H groups in total. The number of hydrogen-bond acceptors (Lipinski definition) is 7. The number of carbonyl (C=O) groups is 1. The Morgan fingerprint density at radius 1 is 1.11 bits per heavy atom. The zero-order valence-corrected chi connectivity index (χ0v) is 16.6. The topological polar surface area (TPSA) is 77.0 Å². The van der Waals surface area contributed by atoms with E-state index in [0.29, 0.717) is 53.7 Å². The molecule has 146 valence electrons. The number of nitrogens with zero attached hydrogens (tertiary/aromatic N) is 4. The van der Waals surface area contributed by atoms with Crippen molar-refractivity contribution in [1.29, 1.82) is 0 Å². The predicted octanol–water partition coefficient (Wildman–Crippen LogP) is 3.14. The normalized spacial score (nSPS) is 15.7. The van der Waals surface area contributed by atoms with Crippen LogP contribution >= 0.6 is 11.6 Å². The van der Waals surface area contributed by atoms with E-state index >= 15 is 0 Å². The van der Waals surface area contributed by atoms with Gasteiger partial charge in [0.25, 0.3) is 0 Å². The van der Waals surface area contributed by atoms with Crippen molar-refractivity contribution in [3.8, 4) is 11.5 Å². The van der Waals surface area contributed by atoms with Crippen molar-refractivity contribution in [3.63, 3.8) is 0 Å². The average molecular weight is 395 g/mol. The molecule has 9 heteroatoms. The van der Waals surface area contributed by atoms with E-state index in [2.05, 4.69) is 9.97 Å². The minimum absolute atomic E-state index is 0.311. The molecule has 0 atom stereocenters. The molecule has 0 aliphatic carbocycles. The Labute approximate surface area is 162 Å². The SMILES string of the molecule is COc1cc2ncnc(Cl)c2cc1ON1CCN(C(=O)OC(C)(C)C)CC1. The minimum Gasteiger partial charge on any atom is -0.493 e. The summed E-state index contributed by atoms with van der Waals surface area (Å²) in [5, 5.41) is 2.81. The van der Waals surface area contributed by atoms with Gasteiger partial charge in [0.15, 0.2) is 11.5 Å². The maximum atomic E-state index is 12.2. The van der Waals surface area contributed by atoms with Crippen LogP contribution in [0.4, 0.5) is 4.79 Å². The summed E-state index contributed by atoms with van der Waals surface area (Å²) in [7, 11) is 1.57. The van der Waals surface area contributed by atoms with Crippen molar-refractivity contribution in [1.82, 2.24) is 19.9 Å². The number of halogens is 1. The van der Waals surface area contributed by atoms with E-state index in [1.54, 1.807) is 29.2 Å². The highest BCUT2D eigenvalue weighted by Crippen LogP contribution is 2.34. The summed E-state index contributed by atoms with van der Waals surface area (Å²) in [6, 6.07) is 3.52. The molecule has 2 aromatic rings. The lowest BCUT2D eigenvalue weighted by molar-refractivity contribution is -0.0900. The fourth-order valence-corrected chi connectivity index (χ4v) is 2.89. The van der Waals surface area contributed by atoms with Gasteiger partial charge in [-0.1, -0.05) is 11.6 Å². The van der Waals surface area contributed by atoms with Gasteiger partial charge in [-0.05, 0) is 26.8 Å². The maximum absolute atomic E-state index is 12.2. The van der Waals surface area contributed by atoms with Crippen molar-refractivity contribution >= 4 is 28.6 Å². The first-order valence-corrected chi connectivity index (χ1v) is 9.04. The van der Waals surface area contributed by atoms with E-state index < -0.39 is 5.60 Å². The summed E-state index contributed by atoms with van der Waals surface area (Å²) in [5.74, 6) is 1.07. The van der Waals surface area contributed by atoms with E-state index in [9.17, 15) is 4.79 Å². The van der Waals surface area contributed by atoms with Crippen LogP contribution in [0.5, 0.6) is 11.5 Å². The van der Waals surface area contributed by atoms with Crippen molar-refractivity contribution in [2.75, 3.05) is 33.3 Å². The summed E-state index contributed by atoms with van der Waals surface area (Å²) < 4.78 is 10.8. The van der Waals surface area contributed by atoms with E-state index in [1.165, 1.54) is 6.33 Å². The molecule has 0 saturated carbocycles. The average Bonchev–Trinajstić information content (AvgIpc) is 2.61. The van der Waals surface area contributed by atoms with Gasteiger partial charge in [-0.3, -0.25) is 0 Å². The van der Waals surface area contributed by atoms with Gasteiger partial charge >= 0.3 is 6.09 Å². The van der Waals surface area contributed by atoms with Gasteiger partial charge in [-0.25, -0.2) is 14.8 Å². The Bertz CT molecular complexity index is 832. The first kappa shape index (κ1) is 19.4. The third-order valence-corrected chi connectivity index (χ3v) is 4.29. The lowest BCUT2D eigenvalue weighted by atomic mass is 10.2. The van der Waals surface area contributed by atoms with Gasteiger partial charge in [0.2, 0.25) is 0 Å². The molecule has 1 aromatic carbocycles. The van der Waals surface area contributed by atoms with Crippen LogP contribution in [0.2, 0.25) is 5.15 Å². The molecule has 8 nitrogen and oxygen atoms in total. The monoisotopic (exact) mass is 394 g/mol. The fraction of sp³-hybridized carbons (Fsp3) is 0.500. The maximum Gasteiger partial charge on any atom is 0.410 e. The summed E-state index contributed by atoms with van der Waals surface area (Å²) >= 11 is 6.15. The second-order valence-electron chi connectivity index (χ2n) is 7.17. The van der Waals surface area contributed by atoms with Crippen molar-refractivity contribution in [2.24, 2.45) is 0 Å². The number of hydroxylamine groups is 2. The molecule has 0 unspecified atom stereocenters. The Kier molecular flexibility index (Phi) is 5.57. The number of hydrogen-bond donors (Lipinski definition) is 0. The van der Waals surface area contributed by atoms with Crippen LogP contribution < -0.4 is 9.57 Å². The number of aromatic nitrogens is 2. The lowest BCUT2D eigenvalue weighted by Crippen LogP contribution is -2.50. The molecule has 1 aliphatic rings. The first-order chi connectivity index (χ1) is 12.8. The predicted molar refractivity (Wildman–Crippen MR) is 101 cm³/mol. The third kappa shape index (κ3) is 4.70. The number of methoxy groups -OCH3 is 1. The number of ether oxygens (including phenoxy) is 2. The highest BCUT2D eigenvalue weighted by atomic mass is 35.5. The number of amides is 1. The van der Waals surface area contributed by atoms with Gasteiger partial charge < -0.3 is 19.2 Å². The first-order valence-electron chi connectivity index (χ1n) is 8.66. The van der Waals surface area contributed by atoms with E-state index in [-0.39, 0.29) is 6.09 Å². The van der Waals surface area contributed by atoms with Crippen LogP contribution in [0, 0.1) is 0 Å². The van der Waals surface area contributed by atoms with Crippen LogP contribution in [0.3, 0.4) is 0 Å². The van der Waals surface area contributed by atoms with Crippen molar-refractivity contribution < 1.29 is 19.1 Å². The summed E-state index contributed by atoms with van der Waals surface area (Å²) in [6.07, 6.45) is 1.09. The molecule has 1 aliphatic heterocycles. The minimum atomic E-state index is -0.509. The van der Waals surface area contributed by atoms with Crippen LogP contribution in [-0.4, -0.2) is 64.9 Å². The second kappa shape index (κ2) is 7.74. The third-order valence-electron chi connectivity index (χ3n) is 3.99. The zero-order chi connectivity index (χ0) is 19.6. The Morgan fingerprint density at radius 2 is 1.81 bits per heavy atom. The summed E-state index contributed by atoms with van der Waals surface area (Å²) in [4.78, 5) is 28.0. The molecule has 27 heavy (non-hydrogen) atoms. The quantitative estimate of drug-likeness (QED) is 0.740. The van der Waals surface area contributed by atoms with E-state index in [4.69, 9.17) is 25.9 Å². The van der Waals surface area contributed by atoms with Crippen molar-refractivity contribution in [2.45, 2.75) is 26.4 Å². The largest absolute Gasteiger partial charge is 0.493 e. The number of piperazine rings is 1. The lowest BCUT2D eigenvalue weighted by Gasteiger charge is -2.35. The Balaban J connectivity index is 1.68. The summed E-state index contributed by atoms with van der Waals surface area (Å²) in [5.41, 5.74) is 0.166. The second-order valence-corrected chi connectivity index (χ2v) is 7.53. The molecule has 0 spiro atoms. The molecule has 2 heterocycles. The Morgan fingerprint density at radius 3 is 2.44 bits per heavy atom. The molecule has 1 fully saturated rings. The fourth-order valence-electron chi connectivity index (χ4n) is 2.69. The molecular weight excluding hydrogens is 372 g/mol. The molecule has 1 saturated heterocycles. The Hall–Kier alpha value is -2.32. The van der Waals surface area contributed by atoms with Gasteiger partial charge in [0, 0.05) is 24.5 Å². The molecule has 0 radical (unpaired) electrons. The zero-order valence-electron chi connectivity index (χ0n) is 15.9. The smallest absolute Gasteiger partial charge is 0.410 e. The molecular formula is C18H23ClN4O4. The molecule has 1 aromatic heterocycles. The van der Waals surface area contributed by atoms with Gasteiger partial charge in [0.05, 0.1) is 25.7 Å². The van der Waals surface area contributed by atoms with Gasteiger partial charge in [-0.15, -0.1) is 5.06 Å². The summed E-state index contributed by atoms with van der Waals surface area (Å²) in [6.45, 7) is 7.66. The van der Waals surface area contributed by atoms with Crippen LogP contribution in [0.15, 0.2) is 18.5 Å².